The highest BCUT2D eigenvalue weighted by Crippen LogP contribution is 2.33. The molecular weight excluding hydrogens is 316 g/mol. The third-order valence-corrected chi connectivity index (χ3v) is 5.87. The van der Waals surface area contributed by atoms with E-state index < -0.39 is 5.97 Å². The average Bonchev–Trinajstić information content (AvgIpc) is 2.91. The number of hydrogen-bond donors (Lipinski definition) is 1. The number of carboxylic acid groups (broad SMARTS) is 1. The van der Waals surface area contributed by atoms with Gasteiger partial charge in [0.2, 0.25) is 0 Å². The first-order valence-electron chi connectivity index (χ1n) is 9.38. The summed E-state index contributed by atoms with van der Waals surface area (Å²) in [6, 6.07) is 6.26. The van der Waals surface area contributed by atoms with Crippen molar-refractivity contribution in [2.45, 2.75) is 78.1 Å². The van der Waals surface area contributed by atoms with E-state index in [1.807, 2.05) is 0 Å². The number of carbonyl (C=O) groups is 1. The quantitative estimate of drug-likeness (QED) is 0.445. The first kappa shape index (κ1) is 19.0. The van der Waals surface area contributed by atoms with E-state index in [9.17, 15) is 9.90 Å². The summed E-state index contributed by atoms with van der Waals surface area (Å²) in [5, 5.41) is 10.6. The van der Waals surface area contributed by atoms with Gasteiger partial charge in [-0.1, -0.05) is 76.0 Å². The summed E-state index contributed by atoms with van der Waals surface area (Å²) in [4.78, 5) is 12.1. The molecule has 1 aromatic carbocycles. The van der Waals surface area contributed by atoms with Crippen molar-refractivity contribution >= 4 is 27.4 Å². The molecule has 0 radical (unpaired) electrons. The summed E-state index contributed by atoms with van der Waals surface area (Å²) in [5.41, 5.74) is 2.25. The zero-order valence-electron chi connectivity index (χ0n) is 15.1. The fraction of sp³-hybridized carbons (Fsp3) is 0.571. The second-order valence-corrected chi connectivity index (χ2v) is 7.85. The lowest BCUT2D eigenvalue weighted by Crippen LogP contribution is -1.98. The van der Waals surface area contributed by atoms with Gasteiger partial charge in [0.15, 0.2) is 0 Å². The third-order valence-electron chi connectivity index (χ3n) is 4.67. The van der Waals surface area contributed by atoms with E-state index in [2.05, 4.69) is 32.0 Å². The molecule has 3 heteroatoms. The molecule has 2 nitrogen and oxygen atoms in total. The van der Waals surface area contributed by atoms with Crippen molar-refractivity contribution < 1.29 is 9.90 Å². The SMILES string of the molecule is CCCCCCCCCCCc1c(C(=O)O)sc2ccc(C)cc12. The van der Waals surface area contributed by atoms with Crippen LogP contribution >= 0.6 is 11.3 Å². The van der Waals surface area contributed by atoms with Crippen molar-refractivity contribution in [2.24, 2.45) is 0 Å². The lowest BCUT2D eigenvalue weighted by Gasteiger charge is -2.04. The lowest BCUT2D eigenvalue weighted by atomic mass is 10.0. The number of benzene rings is 1. The lowest BCUT2D eigenvalue weighted by molar-refractivity contribution is 0.0701. The van der Waals surface area contributed by atoms with Crippen LogP contribution in [0.3, 0.4) is 0 Å². The maximum atomic E-state index is 11.5. The Morgan fingerprint density at radius 3 is 2.25 bits per heavy atom. The standard InChI is InChI=1S/C21H30O2S/c1-3-4-5-6-7-8-9-10-11-12-17-18-15-16(2)13-14-19(18)24-20(17)21(22)23/h13-15H,3-12H2,1-2H3,(H,22,23). The molecule has 2 aromatic rings. The Hall–Kier alpha value is -1.35. The van der Waals surface area contributed by atoms with Gasteiger partial charge in [0.05, 0.1) is 0 Å². The molecule has 24 heavy (non-hydrogen) atoms. The normalized spacial score (nSPS) is 11.2. The van der Waals surface area contributed by atoms with Gasteiger partial charge in [0.1, 0.15) is 4.88 Å². The topological polar surface area (TPSA) is 37.3 Å². The van der Waals surface area contributed by atoms with Crippen LogP contribution in [0.4, 0.5) is 0 Å². The van der Waals surface area contributed by atoms with Crippen LogP contribution in [0.2, 0.25) is 0 Å². The van der Waals surface area contributed by atoms with Crippen LogP contribution in [0.1, 0.15) is 85.5 Å². The highest BCUT2D eigenvalue weighted by molar-refractivity contribution is 7.21. The van der Waals surface area contributed by atoms with E-state index in [1.165, 1.54) is 68.3 Å². The predicted molar refractivity (Wildman–Crippen MR) is 104 cm³/mol. The van der Waals surface area contributed by atoms with Crippen LogP contribution in [-0.4, -0.2) is 11.1 Å². The molecule has 0 saturated heterocycles. The van der Waals surface area contributed by atoms with Crippen molar-refractivity contribution in [2.75, 3.05) is 0 Å². The molecule has 0 aliphatic carbocycles. The van der Waals surface area contributed by atoms with Crippen molar-refractivity contribution in [1.82, 2.24) is 0 Å². The summed E-state index contributed by atoms with van der Waals surface area (Å²) in [6.45, 7) is 4.32. The number of thiophene rings is 1. The predicted octanol–water partition coefficient (Wildman–Crippen LogP) is 6.98. The second-order valence-electron chi connectivity index (χ2n) is 6.79. The molecule has 0 spiro atoms. The number of hydrogen-bond acceptors (Lipinski definition) is 2. The van der Waals surface area contributed by atoms with Crippen LogP contribution in [0.5, 0.6) is 0 Å². The van der Waals surface area contributed by atoms with Crippen molar-refractivity contribution in [3.8, 4) is 0 Å². The Balaban J connectivity index is 1.84. The zero-order chi connectivity index (χ0) is 17.4. The first-order chi connectivity index (χ1) is 11.6. The van der Waals surface area contributed by atoms with E-state index in [0.717, 1.165) is 28.5 Å². The van der Waals surface area contributed by atoms with Crippen molar-refractivity contribution in [3.05, 3.63) is 34.2 Å². The minimum atomic E-state index is -0.778. The molecule has 0 unspecified atom stereocenters. The largest absolute Gasteiger partial charge is 0.477 e. The van der Waals surface area contributed by atoms with E-state index in [0.29, 0.717) is 4.88 Å². The van der Waals surface area contributed by atoms with Crippen LogP contribution in [-0.2, 0) is 6.42 Å². The van der Waals surface area contributed by atoms with Crippen molar-refractivity contribution in [1.29, 1.82) is 0 Å². The minimum absolute atomic E-state index is 0.537. The Labute approximate surface area is 149 Å². The molecule has 1 aromatic heterocycles. The Kier molecular flexibility index (Phi) is 7.77. The fourth-order valence-corrected chi connectivity index (χ4v) is 4.37. The minimum Gasteiger partial charge on any atom is -0.477 e. The van der Waals surface area contributed by atoms with E-state index >= 15 is 0 Å². The van der Waals surface area contributed by atoms with Crippen LogP contribution in [0.25, 0.3) is 10.1 Å². The van der Waals surface area contributed by atoms with Gasteiger partial charge in [0, 0.05) is 4.70 Å². The van der Waals surface area contributed by atoms with Gasteiger partial charge >= 0.3 is 5.97 Å². The Bertz CT molecular complexity index is 657. The maximum Gasteiger partial charge on any atom is 0.346 e. The van der Waals surface area contributed by atoms with Gasteiger partial charge in [-0.2, -0.15) is 0 Å². The smallest absolute Gasteiger partial charge is 0.346 e. The molecule has 0 aliphatic rings. The van der Waals surface area contributed by atoms with Crippen molar-refractivity contribution in [3.63, 3.8) is 0 Å². The summed E-state index contributed by atoms with van der Waals surface area (Å²) in [7, 11) is 0. The van der Waals surface area contributed by atoms with Gasteiger partial charge < -0.3 is 5.11 Å². The molecule has 0 atom stereocenters. The molecule has 0 bridgehead atoms. The Morgan fingerprint density at radius 1 is 1.00 bits per heavy atom. The molecule has 1 heterocycles. The van der Waals surface area contributed by atoms with E-state index in [1.54, 1.807) is 0 Å². The molecule has 132 valence electrons. The molecule has 0 amide bonds. The van der Waals surface area contributed by atoms with Crippen LogP contribution in [0.15, 0.2) is 18.2 Å². The summed E-state index contributed by atoms with van der Waals surface area (Å²) >= 11 is 1.42. The number of aryl methyl sites for hydroxylation is 2. The molecule has 0 fully saturated rings. The highest BCUT2D eigenvalue weighted by Gasteiger charge is 2.17. The number of rotatable bonds is 11. The number of fused-ring (bicyclic) bond motifs is 1. The fourth-order valence-electron chi connectivity index (χ4n) is 3.30. The average molecular weight is 347 g/mol. The molecule has 1 N–H and O–H groups in total. The summed E-state index contributed by atoms with van der Waals surface area (Å²) in [6.07, 6.45) is 12.5. The van der Waals surface area contributed by atoms with Gasteiger partial charge in [-0.25, -0.2) is 4.79 Å². The monoisotopic (exact) mass is 346 g/mol. The van der Waals surface area contributed by atoms with Gasteiger partial charge in [0.25, 0.3) is 0 Å². The highest BCUT2D eigenvalue weighted by atomic mass is 32.1. The van der Waals surface area contributed by atoms with Crippen LogP contribution in [0, 0.1) is 6.92 Å². The maximum absolute atomic E-state index is 11.5. The van der Waals surface area contributed by atoms with Gasteiger partial charge in [-0.15, -0.1) is 11.3 Å². The molecular formula is C21H30O2S. The molecule has 0 aliphatic heterocycles. The Morgan fingerprint density at radius 2 is 1.62 bits per heavy atom. The van der Waals surface area contributed by atoms with Crippen LogP contribution < -0.4 is 0 Å². The van der Waals surface area contributed by atoms with E-state index in [4.69, 9.17) is 0 Å². The first-order valence-corrected chi connectivity index (χ1v) is 10.2. The third kappa shape index (κ3) is 5.34. The summed E-state index contributed by atoms with van der Waals surface area (Å²) < 4.78 is 1.10. The molecule has 0 saturated carbocycles. The number of unbranched alkanes of at least 4 members (excludes halogenated alkanes) is 8. The second kappa shape index (κ2) is 9.83. The molecule has 2 rings (SSSR count). The van der Waals surface area contributed by atoms with E-state index in [-0.39, 0.29) is 0 Å². The number of carboxylic acids is 1. The van der Waals surface area contributed by atoms with Gasteiger partial charge in [-0.05, 0) is 36.8 Å². The van der Waals surface area contributed by atoms with Gasteiger partial charge in [-0.3, -0.25) is 0 Å². The zero-order valence-corrected chi connectivity index (χ0v) is 15.9. The summed E-state index contributed by atoms with van der Waals surface area (Å²) in [5.74, 6) is -0.778. The number of aromatic carboxylic acids is 1.